The maximum absolute atomic E-state index is 13.5. The van der Waals surface area contributed by atoms with Crippen LogP contribution in [0.3, 0.4) is 0 Å². The van der Waals surface area contributed by atoms with Crippen molar-refractivity contribution in [3.8, 4) is 11.5 Å². The monoisotopic (exact) mass is 525 g/mol. The SMILES string of the molecule is C=CC(=O)N1CCC(Nc2sc3nccc4c3c2NC(=O)N4c2ccc(Oc3ccccc3)cc2C)CC1. The predicted molar refractivity (Wildman–Crippen MR) is 152 cm³/mol. The van der Waals surface area contributed by atoms with Crippen molar-refractivity contribution in [1.29, 1.82) is 0 Å². The first kappa shape index (κ1) is 24.0. The molecule has 0 radical (unpaired) electrons. The van der Waals surface area contributed by atoms with E-state index in [0.29, 0.717) is 18.8 Å². The summed E-state index contributed by atoms with van der Waals surface area (Å²) in [6.45, 7) is 6.91. The summed E-state index contributed by atoms with van der Waals surface area (Å²) in [6.07, 6.45) is 4.76. The van der Waals surface area contributed by atoms with Crippen molar-refractivity contribution in [3.05, 3.63) is 79.0 Å². The molecular formula is C29H27N5O3S. The lowest BCUT2D eigenvalue weighted by molar-refractivity contribution is -0.126. The minimum Gasteiger partial charge on any atom is -0.457 e. The summed E-state index contributed by atoms with van der Waals surface area (Å²) in [5.41, 5.74) is 3.25. The number of piperidine rings is 1. The molecule has 1 fully saturated rings. The molecule has 6 rings (SSSR count). The van der Waals surface area contributed by atoms with Gasteiger partial charge in [0.25, 0.3) is 0 Å². The Morgan fingerprint density at radius 1 is 1.13 bits per heavy atom. The van der Waals surface area contributed by atoms with Crippen LogP contribution in [0.5, 0.6) is 11.5 Å². The van der Waals surface area contributed by atoms with Crippen LogP contribution in [0.1, 0.15) is 18.4 Å². The summed E-state index contributed by atoms with van der Waals surface area (Å²) in [4.78, 5) is 34.4. The zero-order valence-electron chi connectivity index (χ0n) is 20.9. The molecule has 2 aromatic carbocycles. The van der Waals surface area contributed by atoms with Crippen molar-refractivity contribution < 1.29 is 14.3 Å². The second-order valence-corrected chi connectivity index (χ2v) is 10.4. The van der Waals surface area contributed by atoms with Crippen LogP contribution in [0, 0.1) is 6.92 Å². The normalized spacial score (nSPS) is 15.3. The molecule has 0 bridgehead atoms. The van der Waals surface area contributed by atoms with E-state index in [9.17, 15) is 9.59 Å². The zero-order valence-corrected chi connectivity index (χ0v) is 21.8. The van der Waals surface area contributed by atoms with Crippen molar-refractivity contribution in [2.24, 2.45) is 0 Å². The van der Waals surface area contributed by atoms with Gasteiger partial charge in [-0.25, -0.2) is 9.78 Å². The second kappa shape index (κ2) is 9.83. The molecule has 0 atom stereocenters. The van der Waals surface area contributed by atoms with Gasteiger partial charge in [-0.3, -0.25) is 9.69 Å². The largest absolute Gasteiger partial charge is 0.457 e. The van der Waals surface area contributed by atoms with Gasteiger partial charge in [0.05, 0.1) is 22.4 Å². The third-order valence-electron chi connectivity index (χ3n) is 6.95. The van der Waals surface area contributed by atoms with Gasteiger partial charge in [-0.2, -0.15) is 0 Å². The number of carbonyl (C=O) groups excluding carboxylic acids is 2. The molecule has 0 saturated carbocycles. The number of urea groups is 1. The second-order valence-electron chi connectivity index (χ2n) is 9.39. The molecule has 4 heterocycles. The van der Waals surface area contributed by atoms with Crippen molar-refractivity contribution in [2.75, 3.05) is 28.6 Å². The Labute approximate surface area is 224 Å². The number of nitrogens with zero attached hydrogens (tertiary/aromatic N) is 3. The molecule has 2 N–H and O–H groups in total. The summed E-state index contributed by atoms with van der Waals surface area (Å²) in [6, 6.07) is 17.2. The number of aromatic nitrogens is 1. The topological polar surface area (TPSA) is 86.8 Å². The van der Waals surface area contributed by atoms with E-state index in [2.05, 4.69) is 22.2 Å². The van der Waals surface area contributed by atoms with Gasteiger partial charge < -0.3 is 20.3 Å². The number of rotatable bonds is 6. The van der Waals surface area contributed by atoms with Gasteiger partial charge >= 0.3 is 6.03 Å². The average molecular weight is 526 g/mol. The van der Waals surface area contributed by atoms with Gasteiger partial charge in [-0.15, -0.1) is 0 Å². The molecule has 192 valence electrons. The fraction of sp³-hybridized carbons (Fsp3) is 0.207. The quantitative estimate of drug-likeness (QED) is 0.275. The van der Waals surface area contributed by atoms with Gasteiger partial charge in [0.2, 0.25) is 5.91 Å². The highest BCUT2D eigenvalue weighted by Gasteiger charge is 2.32. The standard InChI is InChI=1S/C29H27N5O3S/c1-3-24(35)33-15-12-19(13-16-33)31-28-26-25-23(11-14-30-27(25)38-28)34(29(36)32-26)22-10-9-21(17-18(22)2)37-20-7-5-4-6-8-20/h3-11,14,17,19,31H,1,12-13,15-16H2,2H3,(H,32,36). The highest BCUT2D eigenvalue weighted by Crippen LogP contribution is 2.49. The Balaban J connectivity index is 1.28. The van der Waals surface area contributed by atoms with Crippen LogP contribution in [0.25, 0.3) is 10.2 Å². The number of ether oxygens (including phenoxy) is 1. The molecular weight excluding hydrogens is 498 g/mol. The van der Waals surface area contributed by atoms with Gasteiger partial charge in [-0.1, -0.05) is 36.1 Å². The first-order valence-corrected chi connectivity index (χ1v) is 13.4. The Morgan fingerprint density at radius 2 is 1.92 bits per heavy atom. The number of hydrogen-bond donors (Lipinski definition) is 2. The molecule has 3 amide bonds. The van der Waals surface area contributed by atoms with Gasteiger partial charge in [-0.05, 0) is 67.8 Å². The van der Waals surface area contributed by atoms with E-state index in [1.807, 2.05) is 66.4 Å². The lowest BCUT2D eigenvalue weighted by atomic mass is 10.0. The molecule has 9 heteroatoms. The molecule has 2 aliphatic rings. The van der Waals surface area contributed by atoms with Crippen LogP contribution in [0.2, 0.25) is 0 Å². The number of carbonyl (C=O) groups is 2. The summed E-state index contributed by atoms with van der Waals surface area (Å²) < 4.78 is 5.98. The molecule has 2 aliphatic heterocycles. The zero-order chi connectivity index (χ0) is 26.2. The van der Waals surface area contributed by atoms with Gasteiger partial charge in [0.1, 0.15) is 21.3 Å². The molecule has 0 spiro atoms. The van der Waals surface area contributed by atoms with E-state index in [4.69, 9.17) is 4.74 Å². The van der Waals surface area contributed by atoms with Crippen LogP contribution in [-0.2, 0) is 4.79 Å². The first-order chi connectivity index (χ1) is 18.5. The average Bonchev–Trinajstić information content (AvgIpc) is 3.28. The van der Waals surface area contributed by atoms with Gasteiger partial charge in [0.15, 0.2) is 0 Å². The van der Waals surface area contributed by atoms with Crippen LogP contribution in [0.4, 0.5) is 26.9 Å². The van der Waals surface area contributed by atoms with E-state index in [0.717, 1.165) is 56.4 Å². The Bertz CT molecular complexity index is 1540. The number of hydrogen-bond acceptors (Lipinski definition) is 6. The number of likely N-dealkylation sites (tertiary alicyclic amines) is 1. The maximum Gasteiger partial charge on any atom is 0.331 e. The van der Waals surface area contributed by atoms with Crippen LogP contribution in [0.15, 0.2) is 73.4 Å². The van der Waals surface area contributed by atoms with Crippen LogP contribution >= 0.6 is 11.3 Å². The minimum atomic E-state index is -0.224. The molecule has 38 heavy (non-hydrogen) atoms. The number of amides is 3. The Morgan fingerprint density at radius 3 is 2.66 bits per heavy atom. The number of benzene rings is 2. The lowest BCUT2D eigenvalue weighted by Crippen LogP contribution is -2.41. The summed E-state index contributed by atoms with van der Waals surface area (Å²) in [7, 11) is 0. The minimum absolute atomic E-state index is 0.0310. The third-order valence-corrected chi connectivity index (χ3v) is 7.98. The Hall–Kier alpha value is -4.37. The van der Waals surface area contributed by atoms with E-state index >= 15 is 0 Å². The molecule has 0 unspecified atom stereocenters. The summed E-state index contributed by atoms with van der Waals surface area (Å²) >= 11 is 1.53. The van der Waals surface area contributed by atoms with Crippen molar-refractivity contribution in [3.63, 3.8) is 0 Å². The molecule has 1 saturated heterocycles. The number of thiophene rings is 1. The van der Waals surface area contributed by atoms with E-state index in [1.54, 1.807) is 11.1 Å². The fourth-order valence-corrected chi connectivity index (χ4v) is 6.15. The highest BCUT2D eigenvalue weighted by molar-refractivity contribution is 7.23. The van der Waals surface area contributed by atoms with E-state index in [-0.39, 0.29) is 18.0 Å². The van der Waals surface area contributed by atoms with Crippen molar-refractivity contribution in [1.82, 2.24) is 9.88 Å². The first-order valence-electron chi connectivity index (χ1n) is 12.6. The number of pyridine rings is 1. The summed E-state index contributed by atoms with van der Waals surface area (Å²) in [5.74, 6) is 1.43. The molecule has 4 aromatic rings. The smallest absolute Gasteiger partial charge is 0.331 e. The summed E-state index contributed by atoms with van der Waals surface area (Å²) in [5, 5.41) is 8.54. The molecule has 8 nitrogen and oxygen atoms in total. The predicted octanol–water partition coefficient (Wildman–Crippen LogP) is 6.67. The molecule has 0 aliphatic carbocycles. The third kappa shape index (κ3) is 4.35. The van der Waals surface area contributed by atoms with Crippen molar-refractivity contribution in [2.45, 2.75) is 25.8 Å². The van der Waals surface area contributed by atoms with Crippen LogP contribution in [-0.4, -0.2) is 41.0 Å². The number of nitrogens with one attached hydrogen (secondary N) is 2. The van der Waals surface area contributed by atoms with Gasteiger partial charge in [0, 0.05) is 25.3 Å². The Kier molecular flexibility index (Phi) is 6.21. The fourth-order valence-electron chi connectivity index (χ4n) is 5.05. The molecule has 2 aromatic heterocycles. The number of anilines is 4. The van der Waals surface area contributed by atoms with Crippen LogP contribution < -0.4 is 20.3 Å². The number of aryl methyl sites for hydroxylation is 1. The highest BCUT2D eigenvalue weighted by atomic mass is 32.1. The van der Waals surface area contributed by atoms with Crippen molar-refractivity contribution >= 4 is 55.6 Å². The maximum atomic E-state index is 13.5. The number of para-hydroxylation sites is 1. The van der Waals surface area contributed by atoms with E-state index in [1.165, 1.54) is 17.4 Å². The van der Waals surface area contributed by atoms with E-state index < -0.39 is 0 Å². The lowest BCUT2D eigenvalue weighted by Gasteiger charge is -2.33.